The van der Waals surface area contributed by atoms with Gasteiger partial charge in [-0.2, -0.15) is 0 Å². The lowest BCUT2D eigenvalue weighted by Gasteiger charge is -2.09. The third kappa shape index (κ3) is 2.84. The van der Waals surface area contributed by atoms with Gasteiger partial charge < -0.3 is 4.57 Å². The highest BCUT2D eigenvalue weighted by atomic mass is 15.0. The molecule has 0 saturated carbocycles. The number of benzene rings is 3. The van der Waals surface area contributed by atoms with Crippen molar-refractivity contribution in [2.45, 2.75) is 39.7 Å². The summed E-state index contributed by atoms with van der Waals surface area (Å²) in [5.41, 5.74) is 5.43. The van der Waals surface area contributed by atoms with E-state index >= 15 is 0 Å². The number of hydrogen-bond donors (Lipinski definition) is 0. The number of hydrogen-bond acceptors (Lipinski definition) is 0. The standard InChI is InChI=1S/C24H25N/c1-3-4-9-16-25-17-23(22-12-7-8-13-24(22)25)21-15-14-19-10-5-6-11-20(19)18(21)2/h5-8,10-15,17H,3-4,9,16H2,1-2H3. The van der Waals surface area contributed by atoms with E-state index in [9.17, 15) is 0 Å². The molecule has 0 spiro atoms. The summed E-state index contributed by atoms with van der Waals surface area (Å²) in [6.45, 7) is 5.61. The largest absolute Gasteiger partial charge is 0.347 e. The monoisotopic (exact) mass is 327 g/mol. The molecule has 0 N–H and O–H groups in total. The van der Waals surface area contributed by atoms with Crippen LogP contribution in [0, 0.1) is 6.92 Å². The first-order chi connectivity index (χ1) is 12.3. The maximum atomic E-state index is 2.44. The Bertz CT molecular complexity index is 1020. The molecule has 25 heavy (non-hydrogen) atoms. The van der Waals surface area contributed by atoms with Crippen LogP contribution >= 0.6 is 0 Å². The highest BCUT2D eigenvalue weighted by molar-refractivity contribution is 6.00. The molecule has 0 aliphatic carbocycles. The zero-order valence-electron chi connectivity index (χ0n) is 15.1. The van der Waals surface area contributed by atoms with E-state index in [0.717, 1.165) is 6.54 Å². The minimum Gasteiger partial charge on any atom is -0.347 e. The van der Waals surface area contributed by atoms with Gasteiger partial charge >= 0.3 is 0 Å². The SMILES string of the molecule is CCCCCn1cc(-c2ccc3ccccc3c2C)c2ccccc21. The summed E-state index contributed by atoms with van der Waals surface area (Å²) in [4.78, 5) is 0. The number of para-hydroxylation sites is 1. The van der Waals surface area contributed by atoms with Gasteiger partial charge in [0, 0.05) is 29.2 Å². The Labute approximate surface area is 149 Å². The highest BCUT2D eigenvalue weighted by Crippen LogP contribution is 2.35. The molecule has 0 radical (unpaired) electrons. The second kappa shape index (κ2) is 6.76. The van der Waals surface area contributed by atoms with E-state index in [1.807, 2.05) is 0 Å². The Morgan fingerprint density at radius 1 is 0.760 bits per heavy atom. The van der Waals surface area contributed by atoms with Crippen molar-refractivity contribution >= 4 is 21.7 Å². The van der Waals surface area contributed by atoms with Crippen LogP contribution in [0.5, 0.6) is 0 Å². The molecule has 126 valence electrons. The van der Waals surface area contributed by atoms with Crippen LogP contribution < -0.4 is 0 Å². The van der Waals surface area contributed by atoms with Crippen LogP contribution in [0.25, 0.3) is 32.8 Å². The minimum atomic E-state index is 1.10. The van der Waals surface area contributed by atoms with E-state index in [0.29, 0.717) is 0 Å². The number of fused-ring (bicyclic) bond motifs is 2. The first-order valence-corrected chi connectivity index (χ1v) is 9.36. The predicted octanol–water partition coefficient (Wildman–Crippen LogP) is 6.96. The third-order valence-electron chi connectivity index (χ3n) is 5.28. The van der Waals surface area contributed by atoms with Gasteiger partial charge in [-0.25, -0.2) is 0 Å². The first-order valence-electron chi connectivity index (χ1n) is 9.36. The van der Waals surface area contributed by atoms with Crippen molar-refractivity contribution in [3.05, 3.63) is 72.4 Å². The molecule has 0 atom stereocenters. The van der Waals surface area contributed by atoms with E-state index < -0.39 is 0 Å². The van der Waals surface area contributed by atoms with Gasteiger partial charge in [-0.1, -0.05) is 74.4 Å². The van der Waals surface area contributed by atoms with E-state index in [1.54, 1.807) is 0 Å². The molecule has 0 unspecified atom stereocenters. The Kier molecular flexibility index (Phi) is 4.31. The number of aryl methyl sites for hydroxylation is 2. The number of nitrogens with zero attached hydrogens (tertiary/aromatic N) is 1. The summed E-state index contributed by atoms with van der Waals surface area (Å²) in [7, 11) is 0. The summed E-state index contributed by atoms with van der Waals surface area (Å²) in [6.07, 6.45) is 6.15. The lowest BCUT2D eigenvalue weighted by atomic mass is 9.95. The summed E-state index contributed by atoms with van der Waals surface area (Å²) in [5, 5.41) is 4.02. The van der Waals surface area contributed by atoms with E-state index in [2.05, 4.69) is 85.3 Å². The van der Waals surface area contributed by atoms with Crippen molar-refractivity contribution in [2.24, 2.45) is 0 Å². The lowest BCUT2D eigenvalue weighted by molar-refractivity contribution is 0.616. The second-order valence-corrected chi connectivity index (χ2v) is 6.92. The quantitative estimate of drug-likeness (QED) is 0.349. The van der Waals surface area contributed by atoms with Gasteiger partial charge in [-0.3, -0.25) is 0 Å². The molecule has 1 nitrogen and oxygen atoms in total. The summed E-state index contributed by atoms with van der Waals surface area (Å²) in [6, 6.07) is 22.0. The van der Waals surface area contributed by atoms with Crippen LogP contribution in [0.15, 0.2) is 66.9 Å². The molecule has 1 heterocycles. The topological polar surface area (TPSA) is 4.93 Å². The molecule has 0 aliphatic heterocycles. The van der Waals surface area contributed by atoms with Crippen LogP contribution in [-0.4, -0.2) is 4.57 Å². The van der Waals surface area contributed by atoms with E-state index in [1.165, 1.54) is 57.6 Å². The molecule has 4 rings (SSSR count). The fourth-order valence-electron chi connectivity index (χ4n) is 3.90. The Balaban J connectivity index is 1.88. The molecule has 4 aromatic rings. The van der Waals surface area contributed by atoms with Crippen LogP contribution in [0.1, 0.15) is 31.7 Å². The van der Waals surface area contributed by atoms with E-state index in [4.69, 9.17) is 0 Å². The molecule has 1 aromatic heterocycles. The average Bonchev–Trinajstić information content (AvgIpc) is 3.01. The maximum absolute atomic E-state index is 2.44. The number of aromatic nitrogens is 1. The lowest BCUT2D eigenvalue weighted by Crippen LogP contribution is -1.95. The third-order valence-corrected chi connectivity index (χ3v) is 5.28. The molecular formula is C24H25N. The molecule has 0 fully saturated rings. The second-order valence-electron chi connectivity index (χ2n) is 6.92. The Morgan fingerprint density at radius 2 is 1.52 bits per heavy atom. The van der Waals surface area contributed by atoms with Crippen LogP contribution in [0.3, 0.4) is 0 Å². The van der Waals surface area contributed by atoms with Gasteiger partial charge in [0.25, 0.3) is 0 Å². The van der Waals surface area contributed by atoms with Crippen LogP contribution in [0.4, 0.5) is 0 Å². The average molecular weight is 327 g/mol. The van der Waals surface area contributed by atoms with Crippen molar-refractivity contribution in [2.75, 3.05) is 0 Å². The van der Waals surface area contributed by atoms with Gasteiger partial charge in [0.05, 0.1) is 0 Å². The fraction of sp³-hybridized carbons (Fsp3) is 0.250. The molecular weight excluding hydrogens is 302 g/mol. The van der Waals surface area contributed by atoms with Crippen molar-refractivity contribution in [1.29, 1.82) is 0 Å². The zero-order chi connectivity index (χ0) is 17.2. The van der Waals surface area contributed by atoms with Gasteiger partial charge in [0.2, 0.25) is 0 Å². The normalized spacial score (nSPS) is 11.4. The molecule has 0 aliphatic rings. The summed E-state index contributed by atoms with van der Waals surface area (Å²) in [5.74, 6) is 0. The van der Waals surface area contributed by atoms with Gasteiger partial charge in [0.1, 0.15) is 0 Å². The number of unbranched alkanes of at least 4 members (excludes halogenated alkanes) is 2. The predicted molar refractivity (Wildman–Crippen MR) is 109 cm³/mol. The molecule has 3 aromatic carbocycles. The molecule has 1 heteroatoms. The summed E-state index contributed by atoms with van der Waals surface area (Å²) < 4.78 is 2.44. The van der Waals surface area contributed by atoms with Gasteiger partial charge in [-0.15, -0.1) is 0 Å². The molecule has 0 amide bonds. The zero-order valence-corrected chi connectivity index (χ0v) is 15.1. The van der Waals surface area contributed by atoms with Crippen molar-refractivity contribution in [3.63, 3.8) is 0 Å². The van der Waals surface area contributed by atoms with Crippen molar-refractivity contribution < 1.29 is 0 Å². The fourth-order valence-corrected chi connectivity index (χ4v) is 3.90. The van der Waals surface area contributed by atoms with Gasteiger partial charge in [-0.05, 0) is 41.3 Å². The van der Waals surface area contributed by atoms with Crippen LogP contribution in [0.2, 0.25) is 0 Å². The Morgan fingerprint density at radius 3 is 2.36 bits per heavy atom. The summed E-state index contributed by atoms with van der Waals surface area (Å²) >= 11 is 0. The smallest absolute Gasteiger partial charge is 0.0486 e. The van der Waals surface area contributed by atoms with Crippen LogP contribution in [-0.2, 0) is 6.54 Å². The van der Waals surface area contributed by atoms with Crippen molar-refractivity contribution in [3.8, 4) is 11.1 Å². The molecule has 0 bridgehead atoms. The molecule has 0 saturated heterocycles. The van der Waals surface area contributed by atoms with Gasteiger partial charge in [0.15, 0.2) is 0 Å². The highest BCUT2D eigenvalue weighted by Gasteiger charge is 2.13. The minimum absolute atomic E-state index is 1.10. The van der Waals surface area contributed by atoms with E-state index in [-0.39, 0.29) is 0 Å². The van der Waals surface area contributed by atoms with Crippen molar-refractivity contribution in [1.82, 2.24) is 4.57 Å². The first kappa shape index (κ1) is 16.0. The number of rotatable bonds is 5. The Hall–Kier alpha value is -2.54. The maximum Gasteiger partial charge on any atom is 0.0486 e.